The highest BCUT2D eigenvalue weighted by molar-refractivity contribution is 9.10. The second kappa shape index (κ2) is 12.0. The van der Waals surface area contributed by atoms with Crippen molar-refractivity contribution < 1.29 is 13.9 Å². The zero-order chi connectivity index (χ0) is 27.2. The minimum Gasteiger partial charge on any atom is -0.493 e. The van der Waals surface area contributed by atoms with E-state index in [1.165, 1.54) is 0 Å². The number of nitriles is 1. The van der Waals surface area contributed by atoms with Crippen molar-refractivity contribution in [3.63, 3.8) is 0 Å². The van der Waals surface area contributed by atoms with Crippen molar-refractivity contribution in [2.75, 3.05) is 7.11 Å². The molecule has 0 saturated heterocycles. The quantitative estimate of drug-likeness (QED) is 0.167. The van der Waals surface area contributed by atoms with E-state index in [0.29, 0.717) is 44.5 Å². The summed E-state index contributed by atoms with van der Waals surface area (Å²) >= 11 is 9.57. The molecule has 1 heterocycles. The highest BCUT2D eigenvalue weighted by atomic mass is 79.9. The SMILES string of the molecule is COc1cc(C=Nc2oc(-c3ccccc3)c(-c3ccccc3)c2C#N)cc(Br)c1OCc1ccc(Cl)cc1. The number of rotatable bonds is 8. The topological polar surface area (TPSA) is 67.8 Å². The molecule has 0 atom stereocenters. The van der Waals surface area contributed by atoms with Crippen molar-refractivity contribution in [3.8, 4) is 40.0 Å². The van der Waals surface area contributed by atoms with Gasteiger partial charge in [-0.1, -0.05) is 84.4 Å². The van der Waals surface area contributed by atoms with E-state index in [2.05, 4.69) is 27.0 Å². The van der Waals surface area contributed by atoms with E-state index in [1.54, 1.807) is 13.3 Å². The van der Waals surface area contributed by atoms with E-state index in [-0.39, 0.29) is 5.88 Å². The Labute approximate surface area is 240 Å². The van der Waals surface area contributed by atoms with Gasteiger partial charge in [0.25, 0.3) is 0 Å². The van der Waals surface area contributed by atoms with Gasteiger partial charge in [0, 0.05) is 22.4 Å². The molecule has 4 aromatic carbocycles. The van der Waals surface area contributed by atoms with Gasteiger partial charge in [-0.15, -0.1) is 0 Å². The fourth-order valence-electron chi connectivity index (χ4n) is 4.11. The molecule has 39 heavy (non-hydrogen) atoms. The molecule has 5 nitrogen and oxygen atoms in total. The fourth-order valence-corrected chi connectivity index (χ4v) is 4.81. The summed E-state index contributed by atoms with van der Waals surface area (Å²) in [5.74, 6) is 1.93. The lowest BCUT2D eigenvalue weighted by Gasteiger charge is -2.13. The van der Waals surface area contributed by atoms with Gasteiger partial charge in [-0.2, -0.15) is 5.26 Å². The molecule has 5 rings (SSSR count). The number of furan rings is 1. The highest BCUT2D eigenvalue weighted by Crippen LogP contribution is 2.43. The van der Waals surface area contributed by atoms with Gasteiger partial charge in [-0.05, 0) is 56.9 Å². The van der Waals surface area contributed by atoms with E-state index in [4.69, 9.17) is 25.5 Å². The van der Waals surface area contributed by atoms with E-state index in [0.717, 1.165) is 22.3 Å². The van der Waals surface area contributed by atoms with Gasteiger partial charge in [0.1, 0.15) is 24.0 Å². The first-order valence-corrected chi connectivity index (χ1v) is 13.2. The first kappa shape index (κ1) is 26.3. The molecule has 0 amide bonds. The van der Waals surface area contributed by atoms with Crippen LogP contribution in [0.3, 0.4) is 0 Å². The third-order valence-corrected chi connectivity index (χ3v) is 6.82. The third kappa shape index (κ3) is 5.91. The molecule has 0 unspecified atom stereocenters. The molecule has 0 N–H and O–H groups in total. The van der Waals surface area contributed by atoms with Crippen LogP contribution in [0, 0.1) is 11.3 Å². The summed E-state index contributed by atoms with van der Waals surface area (Å²) in [4.78, 5) is 4.58. The van der Waals surface area contributed by atoms with Crippen LogP contribution in [-0.2, 0) is 6.61 Å². The smallest absolute Gasteiger partial charge is 0.238 e. The monoisotopic (exact) mass is 596 g/mol. The number of hydrogen-bond acceptors (Lipinski definition) is 5. The second-order valence-electron chi connectivity index (χ2n) is 8.54. The molecular weight excluding hydrogens is 576 g/mol. The number of halogens is 2. The van der Waals surface area contributed by atoms with Crippen LogP contribution in [0.2, 0.25) is 5.02 Å². The molecular formula is C32H22BrClN2O3. The average molecular weight is 598 g/mol. The Morgan fingerprint density at radius 3 is 2.26 bits per heavy atom. The zero-order valence-electron chi connectivity index (χ0n) is 20.9. The Bertz CT molecular complexity index is 1660. The van der Waals surface area contributed by atoms with Gasteiger partial charge in [0.15, 0.2) is 11.5 Å². The Morgan fingerprint density at radius 1 is 0.949 bits per heavy atom. The van der Waals surface area contributed by atoms with Crippen LogP contribution in [0.4, 0.5) is 5.88 Å². The van der Waals surface area contributed by atoms with Crippen LogP contribution in [0.1, 0.15) is 16.7 Å². The third-order valence-electron chi connectivity index (χ3n) is 5.98. The Hall–Kier alpha value is -4.31. The van der Waals surface area contributed by atoms with Crippen LogP contribution < -0.4 is 9.47 Å². The summed E-state index contributed by atoms with van der Waals surface area (Å²) < 4.78 is 18.5. The molecule has 0 aliphatic heterocycles. The van der Waals surface area contributed by atoms with Gasteiger partial charge in [-0.3, -0.25) is 0 Å². The van der Waals surface area contributed by atoms with E-state index < -0.39 is 0 Å². The maximum absolute atomic E-state index is 10.1. The van der Waals surface area contributed by atoms with Crippen LogP contribution in [0.25, 0.3) is 22.5 Å². The first-order valence-electron chi connectivity index (χ1n) is 12.0. The van der Waals surface area contributed by atoms with Gasteiger partial charge in [0.05, 0.1) is 11.6 Å². The lowest BCUT2D eigenvalue weighted by atomic mass is 9.98. The number of ether oxygens (including phenoxy) is 2. The Kier molecular flexibility index (Phi) is 8.12. The Balaban J connectivity index is 1.49. The summed E-state index contributed by atoms with van der Waals surface area (Å²) in [6.45, 7) is 0.349. The number of benzene rings is 4. The molecule has 0 radical (unpaired) electrons. The predicted octanol–water partition coefficient (Wildman–Crippen LogP) is 9.24. The molecule has 7 heteroatoms. The number of aliphatic imine (C=N–C) groups is 1. The average Bonchev–Trinajstić information content (AvgIpc) is 3.35. The lowest BCUT2D eigenvalue weighted by molar-refractivity contribution is 0.282. The van der Waals surface area contributed by atoms with Crippen molar-refractivity contribution in [2.45, 2.75) is 6.61 Å². The maximum atomic E-state index is 10.1. The second-order valence-corrected chi connectivity index (χ2v) is 9.83. The number of hydrogen-bond donors (Lipinski definition) is 0. The molecule has 0 saturated carbocycles. The van der Waals surface area contributed by atoms with Crippen molar-refractivity contribution >= 4 is 39.6 Å². The molecule has 0 bridgehead atoms. The largest absolute Gasteiger partial charge is 0.493 e. The summed E-state index contributed by atoms with van der Waals surface area (Å²) in [6, 6.07) is 32.9. The van der Waals surface area contributed by atoms with Crippen molar-refractivity contribution in [1.29, 1.82) is 5.26 Å². The molecule has 0 spiro atoms. The van der Waals surface area contributed by atoms with Gasteiger partial charge < -0.3 is 13.9 Å². The van der Waals surface area contributed by atoms with Crippen LogP contribution in [0.15, 0.2) is 111 Å². The summed E-state index contributed by atoms with van der Waals surface area (Å²) in [7, 11) is 1.58. The van der Waals surface area contributed by atoms with Crippen molar-refractivity contribution in [3.05, 3.63) is 123 Å². The van der Waals surface area contributed by atoms with E-state index >= 15 is 0 Å². The lowest BCUT2D eigenvalue weighted by Crippen LogP contribution is -1.99. The van der Waals surface area contributed by atoms with Crippen molar-refractivity contribution in [1.82, 2.24) is 0 Å². The minimum absolute atomic E-state index is 0.230. The molecule has 192 valence electrons. The number of nitrogens with zero attached hydrogens (tertiary/aromatic N) is 2. The fraction of sp³-hybridized carbons (Fsp3) is 0.0625. The van der Waals surface area contributed by atoms with Crippen LogP contribution >= 0.6 is 27.5 Å². The minimum atomic E-state index is 0.230. The maximum Gasteiger partial charge on any atom is 0.238 e. The standard InChI is InChI=1S/C32H22BrClN2O3/c1-37-28-17-22(16-27(33)31(28)38-20-21-12-14-25(34)15-13-21)19-36-32-26(18-35)29(23-8-4-2-5-9-23)30(39-32)24-10-6-3-7-11-24/h2-17,19H,20H2,1H3. The molecule has 0 aliphatic carbocycles. The predicted molar refractivity (Wildman–Crippen MR) is 158 cm³/mol. The van der Waals surface area contributed by atoms with Gasteiger partial charge >= 0.3 is 0 Å². The zero-order valence-corrected chi connectivity index (χ0v) is 23.2. The first-order chi connectivity index (χ1) is 19.1. The molecule has 5 aromatic rings. The summed E-state index contributed by atoms with van der Waals surface area (Å²) in [6.07, 6.45) is 1.64. The summed E-state index contributed by atoms with van der Waals surface area (Å²) in [5, 5.41) is 10.8. The van der Waals surface area contributed by atoms with E-state index in [1.807, 2.05) is 97.1 Å². The van der Waals surface area contributed by atoms with Gasteiger partial charge in [0.2, 0.25) is 5.88 Å². The normalized spacial score (nSPS) is 10.9. The van der Waals surface area contributed by atoms with E-state index in [9.17, 15) is 5.26 Å². The van der Waals surface area contributed by atoms with Crippen molar-refractivity contribution in [2.24, 2.45) is 4.99 Å². The van der Waals surface area contributed by atoms with Gasteiger partial charge in [-0.25, -0.2) is 4.99 Å². The molecule has 0 fully saturated rings. The van der Waals surface area contributed by atoms with Crippen LogP contribution in [0.5, 0.6) is 11.5 Å². The Morgan fingerprint density at radius 2 is 1.62 bits per heavy atom. The highest BCUT2D eigenvalue weighted by Gasteiger charge is 2.22. The molecule has 0 aliphatic rings. The number of methoxy groups -OCH3 is 1. The van der Waals surface area contributed by atoms with Crippen LogP contribution in [-0.4, -0.2) is 13.3 Å². The molecule has 1 aromatic heterocycles. The summed E-state index contributed by atoms with van der Waals surface area (Å²) in [5.41, 5.74) is 4.53.